The van der Waals surface area contributed by atoms with E-state index < -0.39 is 0 Å². The molecular formula is C14H12OS. The molecule has 1 nitrogen and oxygen atoms in total. The van der Waals surface area contributed by atoms with Gasteiger partial charge in [-0.1, -0.05) is 48.5 Å². The Morgan fingerprint density at radius 3 is 2.31 bits per heavy atom. The Balaban J connectivity index is 1.99. The summed E-state index contributed by atoms with van der Waals surface area (Å²) in [4.78, 5) is 1.20. The largest absolute Gasteiger partial charge is 0.387 e. The molecule has 0 amide bonds. The maximum Gasteiger partial charge on any atom is 0.0963 e. The van der Waals surface area contributed by atoms with Gasteiger partial charge in [-0.25, -0.2) is 0 Å². The number of hydrogen-bond donors (Lipinski definition) is 1. The first-order valence-electron chi connectivity index (χ1n) is 5.35. The van der Waals surface area contributed by atoms with Crippen LogP contribution in [-0.2, 0) is 0 Å². The molecule has 80 valence electrons. The fourth-order valence-corrected chi connectivity index (χ4v) is 3.41. The third-order valence-electron chi connectivity index (χ3n) is 2.91. The number of thioether (sulfide) groups is 1. The van der Waals surface area contributed by atoms with Crippen molar-refractivity contribution in [3.63, 3.8) is 0 Å². The van der Waals surface area contributed by atoms with Gasteiger partial charge < -0.3 is 5.11 Å². The third kappa shape index (κ3) is 1.55. The number of fused-ring (bicyclic) bond motifs is 1. The first kappa shape index (κ1) is 9.94. The first-order chi connectivity index (χ1) is 7.86. The second-order valence-electron chi connectivity index (χ2n) is 3.93. The lowest BCUT2D eigenvalue weighted by atomic mass is 10.0. The first-order valence-corrected chi connectivity index (χ1v) is 6.23. The lowest BCUT2D eigenvalue weighted by Crippen LogP contribution is -2.01. The van der Waals surface area contributed by atoms with E-state index in [9.17, 15) is 5.11 Å². The molecule has 0 saturated heterocycles. The molecule has 0 aromatic heterocycles. The van der Waals surface area contributed by atoms with Gasteiger partial charge in [0.15, 0.2) is 0 Å². The summed E-state index contributed by atoms with van der Waals surface area (Å²) in [7, 11) is 0. The highest BCUT2D eigenvalue weighted by Gasteiger charge is 2.32. The minimum atomic E-state index is -0.386. The minimum Gasteiger partial charge on any atom is -0.387 e. The number of aliphatic hydroxyl groups is 1. The summed E-state index contributed by atoms with van der Waals surface area (Å²) in [5, 5.41) is 10.4. The van der Waals surface area contributed by atoms with Crippen LogP contribution in [0.1, 0.15) is 22.5 Å². The molecule has 1 aliphatic heterocycles. The zero-order valence-electron chi connectivity index (χ0n) is 8.71. The zero-order chi connectivity index (χ0) is 11.0. The van der Waals surface area contributed by atoms with Crippen LogP contribution >= 0.6 is 11.8 Å². The van der Waals surface area contributed by atoms with Gasteiger partial charge in [0.25, 0.3) is 0 Å². The van der Waals surface area contributed by atoms with E-state index >= 15 is 0 Å². The second-order valence-corrected chi connectivity index (χ2v) is 5.12. The highest BCUT2D eigenvalue weighted by molar-refractivity contribution is 8.00. The summed E-state index contributed by atoms with van der Waals surface area (Å²) in [6.07, 6.45) is -0.386. The molecule has 2 atom stereocenters. The fraction of sp³-hybridized carbons (Fsp3) is 0.143. The maximum absolute atomic E-state index is 10.3. The highest BCUT2D eigenvalue weighted by atomic mass is 32.2. The zero-order valence-corrected chi connectivity index (χ0v) is 9.52. The SMILES string of the molecule is OC1c2ccccc2SC1c1ccccc1. The lowest BCUT2D eigenvalue weighted by Gasteiger charge is -2.14. The van der Waals surface area contributed by atoms with Gasteiger partial charge in [-0.2, -0.15) is 0 Å². The van der Waals surface area contributed by atoms with Crippen LogP contribution in [0.25, 0.3) is 0 Å². The van der Waals surface area contributed by atoms with Gasteiger partial charge >= 0.3 is 0 Å². The van der Waals surface area contributed by atoms with Gasteiger partial charge in [0, 0.05) is 4.90 Å². The van der Waals surface area contributed by atoms with Crippen molar-refractivity contribution in [2.24, 2.45) is 0 Å². The van der Waals surface area contributed by atoms with E-state index in [0.717, 1.165) is 5.56 Å². The third-order valence-corrected chi connectivity index (χ3v) is 4.32. The van der Waals surface area contributed by atoms with Crippen LogP contribution in [0.15, 0.2) is 59.5 Å². The molecular weight excluding hydrogens is 216 g/mol. The van der Waals surface area contributed by atoms with Crippen molar-refractivity contribution in [3.8, 4) is 0 Å². The molecule has 2 aromatic carbocycles. The molecule has 2 unspecified atom stereocenters. The number of benzene rings is 2. The molecule has 0 spiro atoms. The van der Waals surface area contributed by atoms with Crippen molar-refractivity contribution in [1.29, 1.82) is 0 Å². The molecule has 0 fully saturated rings. The van der Waals surface area contributed by atoms with Crippen LogP contribution in [-0.4, -0.2) is 5.11 Å². The van der Waals surface area contributed by atoms with E-state index in [2.05, 4.69) is 18.2 Å². The van der Waals surface area contributed by atoms with Crippen LogP contribution in [0.4, 0.5) is 0 Å². The van der Waals surface area contributed by atoms with Gasteiger partial charge in [-0.15, -0.1) is 11.8 Å². The van der Waals surface area contributed by atoms with Gasteiger partial charge in [0.1, 0.15) is 0 Å². The van der Waals surface area contributed by atoms with Crippen molar-refractivity contribution in [1.82, 2.24) is 0 Å². The lowest BCUT2D eigenvalue weighted by molar-refractivity contribution is 0.177. The summed E-state index contributed by atoms with van der Waals surface area (Å²) in [6.45, 7) is 0. The number of aliphatic hydroxyl groups excluding tert-OH is 1. The molecule has 3 rings (SSSR count). The number of hydrogen-bond acceptors (Lipinski definition) is 2. The minimum absolute atomic E-state index is 0.138. The molecule has 0 bridgehead atoms. The Hall–Kier alpha value is -1.25. The molecule has 1 N–H and O–H groups in total. The van der Waals surface area contributed by atoms with Crippen LogP contribution in [0, 0.1) is 0 Å². The molecule has 1 aliphatic rings. The van der Waals surface area contributed by atoms with Gasteiger partial charge in [0.2, 0.25) is 0 Å². The van der Waals surface area contributed by atoms with E-state index in [-0.39, 0.29) is 11.4 Å². The Bertz CT molecular complexity index is 495. The maximum atomic E-state index is 10.3. The fourth-order valence-electron chi connectivity index (χ4n) is 2.09. The summed E-state index contributed by atoms with van der Waals surface area (Å²) < 4.78 is 0. The predicted octanol–water partition coefficient (Wildman–Crippen LogP) is 3.57. The van der Waals surface area contributed by atoms with E-state index in [1.165, 1.54) is 10.5 Å². The molecule has 2 aromatic rings. The topological polar surface area (TPSA) is 20.2 Å². The summed E-state index contributed by atoms with van der Waals surface area (Å²) in [5.41, 5.74) is 2.25. The normalized spacial score (nSPS) is 23.1. The van der Waals surface area contributed by atoms with Crippen molar-refractivity contribution >= 4 is 11.8 Å². The molecule has 1 heterocycles. The van der Waals surface area contributed by atoms with Crippen molar-refractivity contribution in [2.45, 2.75) is 16.2 Å². The Labute approximate surface area is 99.1 Å². The highest BCUT2D eigenvalue weighted by Crippen LogP contribution is 2.52. The standard InChI is InChI=1S/C14H12OS/c15-13-11-8-4-5-9-12(11)16-14(13)10-6-2-1-3-7-10/h1-9,13-15H. The van der Waals surface area contributed by atoms with Crippen molar-refractivity contribution < 1.29 is 5.11 Å². The summed E-state index contributed by atoms with van der Waals surface area (Å²) >= 11 is 1.75. The molecule has 16 heavy (non-hydrogen) atoms. The van der Waals surface area contributed by atoms with E-state index in [0.29, 0.717) is 0 Å². The van der Waals surface area contributed by atoms with Gasteiger partial charge in [-0.3, -0.25) is 0 Å². The molecule has 2 heteroatoms. The Morgan fingerprint density at radius 2 is 1.56 bits per heavy atom. The quantitative estimate of drug-likeness (QED) is 0.805. The number of rotatable bonds is 1. The van der Waals surface area contributed by atoms with E-state index in [1.807, 2.05) is 36.4 Å². The smallest absolute Gasteiger partial charge is 0.0963 e. The van der Waals surface area contributed by atoms with Gasteiger partial charge in [0.05, 0.1) is 11.4 Å². The summed E-state index contributed by atoms with van der Waals surface area (Å²) in [6, 6.07) is 18.3. The van der Waals surface area contributed by atoms with Crippen molar-refractivity contribution in [2.75, 3.05) is 0 Å². The van der Waals surface area contributed by atoms with E-state index in [1.54, 1.807) is 11.8 Å². The summed E-state index contributed by atoms with van der Waals surface area (Å²) in [5.74, 6) is 0. The second kappa shape index (κ2) is 3.96. The van der Waals surface area contributed by atoms with Crippen LogP contribution in [0.2, 0.25) is 0 Å². The van der Waals surface area contributed by atoms with Gasteiger partial charge in [-0.05, 0) is 17.2 Å². The van der Waals surface area contributed by atoms with Crippen LogP contribution in [0.5, 0.6) is 0 Å². The Kier molecular flexibility index (Phi) is 2.46. The average molecular weight is 228 g/mol. The average Bonchev–Trinajstić information content (AvgIpc) is 2.69. The van der Waals surface area contributed by atoms with E-state index in [4.69, 9.17) is 0 Å². The van der Waals surface area contributed by atoms with Crippen molar-refractivity contribution in [3.05, 3.63) is 65.7 Å². The molecule has 0 aliphatic carbocycles. The van der Waals surface area contributed by atoms with Crippen LogP contribution in [0.3, 0.4) is 0 Å². The Morgan fingerprint density at radius 1 is 0.875 bits per heavy atom. The molecule has 0 saturated carbocycles. The van der Waals surface area contributed by atoms with Crippen LogP contribution < -0.4 is 0 Å². The predicted molar refractivity (Wildman–Crippen MR) is 66.4 cm³/mol. The monoisotopic (exact) mass is 228 g/mol. The molecule has 0 radical (unpaired) electrons.